The molecule has 114 valence electrons. The number of pyridine rings is 1. The normalized spacial score (nSPS) is 9.86. The second-order valence-electron chi connectivity index (χ2n) is 4.78. The Balaban J connectivity index is 1.72. The second kappa shape index (κ2) is 7.89. The average molecular weight is 297 g/mol. The van der Waals surface area contributed by atoms with E-state index in [0.717, 1.165) is 30.0 Å². The van der Waals surface area contributed by atoms with Crippen molar-refractivity contribution in [2.45, 2.75) is 13.3 Å². The molecule has 0 aliphatic heterocycles. The Kier molecular flexibility index (Phi) is 5.61. The van der Waals surface area contributed by atoms with Crippen LogP contribution in [-0.2, 0) is 0 Å². The van der Waals surface area contributed by atoms with Gasteiger partial charge in [0.15, 0.2) is 0 Å². The highest BCUT2D eigenvalue weighted by Crippen LogP contribution is 2.17. The maximum absolute atomic E-state index is 8.95. The maximum Gasteiger partial charge on any atom is 0.145 e. The standard InChI is InChI=1S/C17H19N3O2/c1-13-4-9-17(20-16(13)12-18)19-10-3-11-22-15-7-5-14(21-2)6-8-15/h4-9H,3,10-11H2,1-2H3,(H,19,20). The van der Waals surface area contributed by atoms with Gasteiger partial charge in [0.05, 0.1) is 13.7 Å². The van der Waals surface area contributed by atoms with Crippen molar-refractivity contribution in [2.24, 2.45) is 0 Å². The third-order valence-electron chi connectivity index (χ3n) is 3.16. The Morgan fingerprint density at radius 1 is 1.14 bits per heavy atom. The van der Waals surface area contributed by atoms with Gasteiger partial charge in [-0.3, -0.25) is 0 Å². The third-order valence-corrected chi connectivity index (χ3v) is 3.16. The zero-order valence-corrected chi connectivity index (χ0v) is 12.8. The van der Waals surface area contributed by atoms with Crippen molar-refractivity contribution in [1.82, 2.24) is 4.98 Å². The van der Waals surface area contributed by atoms with Gasteiger partial charge >= 0.3 is 0 Å². The summed E-state index contributed by atoms with van der Waals surface area (Å²) >= 11 is 0. The number of hydrogen-bond acceptors (Lipinski definition) is 5. The summed E-state index contributed by atoms with van der Waals surface area (Å²) in [4.78, 5) is 4.24. The summed E-state index contributed by atoms with van der Waals surface area (Å²) in [7, 11) is 1.64. The van der Waals surface area contributed by atoms with Gasteiger partial charge in [-0.1, -0.05) is 6.07 Å². The Labute approximate surface area is 130 Å². The van der Waals surface area contributed by atoms with Crippen LogP contribution in [0, 0.1) is 18.3 Å². The summed E-state index contributed by atoms with van der Waals surface area (Å²) in [5.41, 5.74) is 1.34. The molecule has 22 heavy (non-hydrogen) atoms. The zero-order valence-electron chi connectivity index (χ0n) is 12.8. The minimum atomic E-state index is 0.458. The molecule has 2 rings (SSSR count). The number of rotatable bonds is 7. The van der Waals surface area contributed by atoms with E-state index >= 15 is 0 Å². The molecule has 0 aliphatic rings. The van der Waals surface area contributed by atoms with Crippen molar-refractivity contribution >= 4 is 5.82 Å². The van der Waals surface area contributed by atoms with Crippen LogP contribution in [0.25, 0.3) is 0 Å². The molecule has 1 heterocycles. The van der Waals surface area contributed by atoms with Gasteiger partial charge in [-0.05, 0) is 49.2 Å². The molecule has 0 bridgehead atoms. The van der Waals surface area contributed by atoms with Gasteiger partial charge in [0.1, 0.15) is 29.1 Å². The van der Waals surface area contributed by atoms with Crippen LogP contribution < -0.4 is 14.8 Å². The number of methoxy groups -OCH3 is 1. The Morgan fingerprint density at radius 3 is 2.55 bits per heavy atom. The summed E-state index contributed by atoms with van der Waals surface area (Å²) in [6.07, 6.45) is 0.837. The smallest absolute Gasteiger partial charge is 0.145 e. The van der Waals surface area contributed by atoms with Crippen LogP contribution in [0.2, 0.25) is 0 Å². The minimum absolute atomic E-state index is 0.458. The number of hydrogen-bond donors (Lipinski definition) is 1. The molecule has 1 aromatic carbocycles. The lowest BCUT2D eigenvalue weighted by molar-refractivity contribution is 0.314. The van der Waals surface area contributed by atoms with Crippen molar-refractivity contribution in [2.75, 3.05) is 25.6 Å². The highest BCUT2D eigenvalue weighted by atomic mass is 16.5. The molecule has 5 heteroatoms. The number of ether oxygens (including phenoxy) is 2. The fourth-order valence-electron chi connectivity index (χ4n) is 1.89. The van der Waals surface area contributed by atoms with E-state index < -0.39 is 0 Å². The fourth-order valence-corrected chi connectivity index (χ4v) is 1.89. The topological polar surface area (TPSA) is 67.2 Å². The minimum Gasteiger partial charge on any atom is -0.497 e. The number of nitriles is 1. The quantitative estimate of drug-likeness (QED) is 0.795. The van der Waals surface area contributed by atoms with Crippen molar-refractivity contribution in [3.05, 3.63) is 47.7 Å². The summed E-state index contributed by atoms with van der Waals surface area (Å²) in [5, 5.41) is 12.1. The number of anilines is 1. The van der Waals surface area contributed by atoms with Gasteiger partial charge < -0.3 is 14.8 Å². The predicted octanol–water partition coefficient (Wildman–Crippen LogP) is 3.15. The monoisotopic (exact) mass is 297 g/mol. The molecular formula is C17H19N3O2. The van der Waals surface area contributed by atoms with E-state index in [0.29, 0.717) is 18.1 Å². The molecule has 1 N–H and O–H groups in total. The van der Waals surface area contributed by atoms with Crippen LogP contribution >= 0.6 is 0 Å². The average Bonchev–Trinajstić information content (AvgIpc) is 2.56. The Bertz CT molecular complexity index is 648. The highest BCUT2D eigenvalue weighted by Gasteiger charge is 2.01. The molecule has 0 spiro atoms. The summed E-state index contributed by atoms with van der Waals surface area (Å²) < 4.78 is 10.7. The van der Waals surface area contributed by atoms with E-state index in [9.17, 15) is 0 Å². The van der Waals surface area contributed by atoms with Crippen molar-refractivity contribution in [3.63, 3.8) is 0 Å². The SMILES string of the molecule is COc1ccc(OCCCNc2ccc(C)c(C#N)n2)cc1. The van der Waals surface area contributed by atoms with Crippen LogP contribution in [0.1, 0.15) is 17.7 Å². The molecule has 2 aromatic rings. The summed E-state index contributed by atoms with van der Waals surface area (Å²) in [6, 6.07) is 13.3. The van der Waals surface area contributed by atoms with Gasteiger partial charge in [0, 0.05) is 6.54 Å². The van der Waals surface area contributed by atoms with Crippen molar-refractivity contribution < 1.29 is 9.47 Å². The second-order valence-corrected chi connectivity index (χ2v) is 4.78. The van der Waals surface area contributed by atoms with Gasteiger partial charge in [-0.25, -0.2) is 4.98 Å². The molecule has 0 aliphatic carbocycles. The van der Waals surface area contributed by atoms with Crippen LogP contribution in [0.15, 0.2) is 36.4 Å². The molecule has 0 unspecified atom stereocenters. The first-order chi connectivity index (χ1) is 10.7. The third kappa shape index (κ3) is 4.38. The van der Waals surface area contributed by atoms with Crippen molar-refractivity contribution in [1.29, 1.82) is 5.26 Å². The number of aromatic nitrogens is 1. The number of nitrogens with zero attached hydrogens (tertiary/aromatic N) is 2. The number of benzene rings is 1. The fraction of sp³-hybridized carbons (Fsp3) is 0.294. The van der Waals surface area contributed by atoms with E-state index in [4.69, 9.17) is 14.7 Å². The lowest BCUT2D eigenvalue weighted by Gasteiger charge is -2.09. The van der Waals surface area contributed by atoms with E-state index in [1.54, 1.807) is 7.11 Å². The van der Waals surface area contributed by atoms with Gasteiger partial charge in [0.25, 0.3) is 0 Å². The Hall–Kier alpha value is -2.74. The van der Waals surface area contributed by atoms with Crippen LogP contribution in [0.5, 0.6) is 11.5 Å². The zero-order chi connectivity index (χ0) is 15.8. The molecule has 0 radical (unpaired) electrons. The van der Waals surface area contributed by atoms with E-state index in [2.05, 4.69) is 16.4 Å². The molecule has 0 saturated heterocycles. The lowest BCUT2D eigenvalue weighted by atomic mass is 10.2. The molecule has 0 atom stereocenters. The largest absolute Gasteiger partial charge is 0.497 e. The predicted molar refractivity (Wildman–Crippen MR) is 85.3 cm³/mol. The van der Waals surface area contributed by atoms with E-state index in [1.807, 2.05) is 43.3 Å². The first kappa shape index (κ1) is 15.6. The van der Waals surface area contributed by atoms with Gasteiger partial charge in [0.2, 0.25) is 0 Å². The molecule has 0 fully saturated rings. The van der Waals surface area contributed by atoms with Gasteiger partial charge in [-0.15, -0.1) is 0 Å². The molecule has 0 amide bonds. The van der Waals surface area contributed by atoms with Crippen LogP contribution in [0.3, 0.4) is 0 Å². The molecule has 1 aromatic heterocycles. The number of nitrogens with one attached hydrogen (secondary N) is 1. The van der Waals surface area contributed by atoms with Crippen LogP contribution in [0.4, 0.5) is 5.82 Å². The lowest BCUT2D eigenvalue weighted by Crippen LogP contribution is -2.08. The van der Waals surface area contributed by atoms with Gasteiger partial charge in [-0.2, -0.15) is 5.26 Å². The van der Waals surface area contributed by atoms with Crippen LogP contribution in [-0.4, -0.2) is 25.2 Å². The first-order valence-electron chi connectivity index (χ1n) is 7.11. The highest BCUT2D eigenvalue weighted by molar-refractivity contribution is 5.42. The van der Waals surface area contributed by atoms with E-state index in [1.165, 1.54) is 0 Å². The summed E-state index contributed by atoms with van der Waals surface area (Å²) in [5.74, 6) is 2.35. The maximum atomic E-state index is 8.95. The number of aryl methyl sites for hydroxylation is 1. The van der Waals surface area contributed by atoms with E-state index in [-0.39, 0.29) is 0 Å². The molecule has 5 nitrogen and oxygen atoms in total. The first-order valence-corrected chi connectivity index (χ1v) is 7.11. The van der Waals surface area contributed by atoms with Crippen molar-refractivity contribution in [3.8, 4) is 17.6 Å². The summed E-state index contributed by atoms with van der Waals surface area (Å²) in [6.45, 7) is 3.21. The Morgan fingerprint density at radius 2 is 1.86 bits per heavy atom. The molecular weight excluding hydrogens is 278 g/mol. The molecule has 0 saturated carbocycles.